The number of nitrogens with one attached hydrogen (secondary N) is 1. The van der Waals surface area contributed by atoms with Crippen LogP contribution in [-0.4, -0.2) is 53.2 Å². The van der Waals surface area contributed by atoms with Crippen molar-refractivity contribution in [3.05, 3.63) is 30.0 Å². The number of aromatic carboxylic acids is 1. The molecule has 148 valence electrons. The van der Waals surface area contributed by atoms with E-state index in [1.807, 2.05) is 25.7 Å². The number of aromatic nitrogens is 2. The van der Waals surface area contributed by atoms with Crippen molar-refractivity contribution < 1.29 is 19.4 Å². The number of methoxy groups -OCH3 is 1. The monoisotopic (exact) mass is 385 g/mol. The minimum absolute atomic E-state index is 0.0172. The van der Waals surface area contributed by atoms with Gasteiger partial charge in [-0.3, -0.25) is 4.79 Å². The Hall–Kier alpha value is -3.36. The Balaban J connectivity index is 2.00. The maximum Gasteiger partial charge on any atom is 0.335 e. The topological polar surface area (TPSA) is 108 Å². The number of benzene rings is 1. The largest absolute Gasteiger partial charge is 0.495 e. The maximum atomic E-state index is 12.5. The highest BCUT2D eigenvalue weighted by molar-refractivity contribution is 6.04. The quantitative estimate of drug-likeness (QED) is 0.808. The van der Waals surface area contributed by atoms with Gasteiger partial charge in [0.2, 0.25) is 11.9 Å². The van der Waals surface area contributed by atoms with E-state index >= 15 is 0 Å². The molecular formula is C19H23N5O4. The number of anilines is 4. The number of amides is 1. The number of rotatable bonds is 5. The van der Waals surface area contributed by atoms with Gasteiger partial charge in [-0.2, -0.15) is 4.98 Å². The number of carboxylic acids is 1. The van der Waals surface area contributed by atoms with Crippen molar-refractivity contribution in [3.8, 4) is 5.75 Å². The van der Waals surface area contributed by atoms with Gasteiger partial charge < -0.3 is 25.0 Å². The number of carbonyl (C=O) groups is 2. The summed E-state index contributed by atoms with van der Waals surface area (Å²) in [4.78, 5) is 36.1. The lowest BCUT2D eigenvalue weighted by Gasteiger charge is -2.41. The standard InChI is InChI=1S/C19H23N5O4/c1-10(2)24-11(3)17(25)23(4)14-9-20-19(22-16(14)24)21-13-7-6-12(18(26)27)8-15(13)28-5/h6-11H,1-5H3,(H,26,27)(H,20,21,22). The second-order valence-electron chi connectivity index (χ2n) is 6.82. The van der Waals surface area contributed by atoms with E-state index in [2.05, 4.69) is 15.3 Å². The van der Waals surface area contributed by atoms with Crippen LogP contribution in [0.3, 0.4) is 0 Å². The van der Waals surface area contributed by atoms with Gasteiger partial charge in [-0.1, -0.05) is 0 Å². The average Bonchev–Trinajstić information content (AvgIpc) is 2.66. The molecule has 2 N–H and O–H groups in total. The van der Waals surface area contributed by atoms with Gasteiger partial charge in [-0.05, 0) is 39.0 Å². The Morgan fingerprint density at radius 3 is 2.68 bits per heavy atom. The number of hydrogen-bond acceptors (Lipinski definition) is 7. The summed E-state index contributed by atoms with van der Waals surface area (Å²) in [6.07, 6.45) is 1.60. The summed E-state index contributed by atoms with van der Waals surface area (Å²) < 4.78 is 5.28. The third kappa shape index (κ3) is 3.30. The normalized spacial score (nSPS) is 16.2. The summed E-state index contributed by atoms with van der Waals surface area (Å²) in [5.74, 6) is 0.284. The molecule has 2 aromatic rings. The first kappa shape index (κ1) is 19.4. The Kier molecular flexibility index (Phi) is 5.08. The van der Waals surface area contributed by atoms with Crippen molar-refractivity contribution in [2.75, 3.05) is 29.3 Å². The van der Waals surface area contributed by atoms with Crippen LogP contribution >= 0.6 is 0 Å². The number of ether oxygens (including phenoxy) is 1. The number of likely N-dealkylation sites (N-methyl/N-ethyl adjacent to an activating group) is 1. The van der Waals surface area contributed by atoms with E-state index in [0.29, 0.717) is 28.9 Å². The van der Waals surface area contributed by atoms with E-state index in [0.717, 1.165) is 0 Å². The molecule has 3 rings (SSSR count). The molecule has 1 amide bonds. The van der Waals surface area contributed by atoms with Crippen LogP contribution in [0.1, 0.15) is 31.1 Å². The third-order valence-electron chi connectivity index (χ3n) is 4.71. The molecule has 0 saturated heterocycles. The summed E-state index contributed by atoms with van der Waals surface area (Å²) in [5, 5.41) is 12.2. The third-order valence-corrected chi connectivity index (χ3v) is 4.71. The summed E-state index contributed by atoms with van der Waals surface area (Å²) in [7, 11) is 3.17. The summed E-state index contributed by atoms with van der Waals surface area (Å²) >= 11 is 0. The van der Waals surface area contributed by atoms with Crippen LogP contribution in [0.4, 0.5) is 23.1 Å². The molecule has 9 heteroatoms. The molecule has 0 radical (unpaired) electrons. The number of nitrogens with zero attached hydrogens (tertiary/aromatic N) is 4. The molecule has 0 bridgehead atoms. The zero-order chi connectivity index (χ0) is 20.6. The zero-order valence-electron chi connectivity index (χ0n) is 16.4. The highest BCUT2D eigenvalue weighted by Gasteiger charge is 2.36. The molecule has 0 saturated carbocycles. The Morgan fingerprint density at radius 2 is 2.07 bits per heavy atom. The van der Waals surface area contributed by atoms with E-state index in [1.165, 1.54) is 19.2 Å². The van der Waals surface area contributed by atoms with Crippen molar-refractivity contribution in [1.82, 2.24) is 9.97 Å². The Bertz CT molecular complexity index is 931. The van der Waals surface area contributed by atoms with E-state index in [9.17, 15) is 9.59 Å². The van der Waals surface area contributed by atoms with Gasteiger partial charge in [0, 0.05) is 13.1 Å². The van der Waals surface area contributed by atoms with Crippen LogP contribution < -0.4 is 19.9 Å². The molecule has 1 aromatic heterocycles. The molecule has 0 fully saturated rings. The van der Waals surface area contributed by atoms with Gasteiger partial charge >= 0.3 is 5.97 Å². The van der Waals surface area contributed by atoms with E-state index in [4.69, 9.17) is 9.84 Å². The van der Waals surface area contributed by atoms with Crippen LogP contribution in [0.2, 0.25) is 0 Å². The van der Waals surface area contributed by atoms with Gasteiger partial charge in [-0.25, -0.2) is 9.78 Å². The lowest BCUT2D eigenvalue weighted by Crippen LogP contribution is -2.53. The molecule has 1 atom stereocenters. The fraction of sp³-hybridized carbons (Fsp3) is 0.368. The minimum Gasteiger partial charge on any atom is -0.495 e. The molecule has 0 spiro atoms. The molecule has 1 aliphatic rings. The van der Waals surface area contributed by atoms with Gasteiger partial charge in [-0.15, -0.1) is 0 Å². The molecule has 2 heterocycles. The maximum absolute atomic E-state index is 12.5. The molecule has 9 nitrogen and oxygen atoms in total. The SMILES string of the molecule is COc1cc(C(=O)O)ccc1Nc1ncc2c(n1)N(C(C)C)C(C)C(=O)N2C. The van der Waals surface area contributed by atoms with Gasteiger partial charge in [0.05, 0.1) is 24.6 Å². The van der Waals surface area contributed by atoms with Crippen LogP contribution in [0.5, 0.6) is 5.75 Å². The van der Waals surface area contributed by atoms with Crippen molar-refractivity contribution in [2.24, 2.45) is 0 Å². The van der Waals surface area contributed by atoms with Crippen molar-refractivity contribution >= 4 is 35.0 Å². The van der Waals surface area contributed by atoms with Crippen LogP contribution in [0.15, 0.2) is 24.4 Å². The minimum atomic E-state index is -1.04. The van der Waals surface area contributed by atoms with Crippen LogP contribution in [0, 0.1) is 0 Å². The second kappa shape index (κ2) is 7.34. The molecule has 1 unspecified atom stereocenters. The molecule has 28 heavy (non-hydrogen) atoms. The lowest BCUT2D eigenvalue weighted by molar-refractivity contribution is -0.119. The molecular weight excluding hydrogens is 362 g/mol. The first-order chi connectivity index (χ1) is 13.2. The fourth-order valence-corrected chi connectivity index (χ4v) is 3.29. The number of fused-ring (bicyclic) bond motifs is 1. The summed E-state index contributed by atoms with van der Waals surface area (Å²) in [6, 6.07) is 4.23. The van der Waals surface area contributed by atoms with Crippen molar-refractivity contribution in [3.63, 3.8) is 0 Å². The number of hydrogen-bond donors (Lipinski definition) is 2. The summed E-state index contributed by atoms with van der Waals surface area (Å²) in [6.45, 7) is 5.86. The lowest BCUT2D eigenvalue weighted by atomic mass is 10.1. The van der Waals surface area contributed by atoms with Crippen molar-refractivity contribution in [2.45, 2.75) is 32.9 Å². The van der Waals surface area contributed by atoms with Crippen LogP contribution in [-0.2, 0) is 4.79 Å². The smallest absolute Gasteiger partial charge is 0.335 e. The van der Waals surface area contributed by atoms with E-state index in [-0.39, 0.29) is 23.6 Å². The van der Waals surface area contributed by atoms with Crippen LogP contribution in [0.25, 0.3) is 0 Å². The fourth-order valence-electron chi connectivity index (χ4n) is 3.29. The first-order valence-electron chi connectivity index (χ1n) is 8.86. The second-order valence-corrected chi connectivity index (χ2v) is 6.82. The predicted molar refractivity (Wildman–Crippen MR) is 106 cm³/mol. The highest BCUT2D eigenvalue weighted by atomic mass is 16.5. The highest BCUT2D eigenvalue weighted by Crippen LogP contribution is 2.36. The van der Waals surface area contributed by atoms with Gasteiger partial charge in [0.15, 0.2) is 5.82 Å². The molecule has 1 aliphatic heterocycles. The molecule has 1 aromatic carbocycles. The predicted octanol–water partition coefficient (Wildman–Crippen LogP) is 2.51. The van der Waals surface area contributed by atoms with Gasteiger partial charge in [0.25, 0.3) is 0 Å². The number of carbonyl (C=O) groups excluding carboxylic acids is 1. The Labute approximate surface area is 163 Å². The van der Waals surface area contributed by atoms with E-state index in [1.54, 1.807) is 24.2 Å². The zero-order valence-corrected chi connectivity index (χ0v) is 16.4. The Morgan fingerprint density at radius 1 is 1.36 bits per heavy atom. The summed E-state index contributed by atoms with van der Waals surface area (Å²) in [5.41, 5.74) is 1.29. The average molecular weight is 385 g/mol. The first-order valence-corrected chi connectivity index (χ1v) is 8.86. The van der Waals surface area contributed by atoms with E-state index < -0.39 is 5.97 Å². The molecule has 0 aliphatic carbocycles. The van der Waals surface area contributed by atoms with Crippen molar-refractivity contribution in [1.29, 1.82) is 0 Å². The van der Waals surface area contributed by atoms with Gasteiger partial charge in [0.1, 0.15) is 17.5 Å². The number of carboxylic acid groups (broad SMARTS) is 1.